The first-order valence-corrected chi connectivity index (χ1v) is 11.7. The van der Waals surface area contributed by atoms with Crippen LogP contribution in [0.25, 0.3) is 0 Å². The lowest BCUT2D eigenvalue weighted by Crippen LogP contribution is -2.13. The molecule has 29 heavy (non-hydrogen) atoms. The van der Waals surface area contributed by atoms with Gasteiger partial charge in [0.1, 0.15) is 0 Å². The molecular weight excluding hydrogens is 424 g/mol. The summed E-state index contributed by atoms with van der Waals surface area (Å²) in [6, 6.07) is 15.5. The van der Waals surface area contributed by atoms with E-state index < -0.39 is 0 Å². The maximum Gasteiger partial charge on any atom is 0.258 e. The Labute approximate surface area is 183 Å². The summed E-state index contributed by atoms with van der Waals surface area (Å²) >= 11 is 9.11. The van der Waals surface area contributed by atoms with Gasteiger partial charge in [-0.2, -0.15) is 0 Å². The van der Waals surface area contributed by atoms with Crippen LogP contribution in [-0.2, 0) is 11.2 Å². The standard InChI is InChI=1S/C22H21ClN2O2S2/c23-16-9-7-15(8-10-16)12-18-13-24-22(29-18)25-21(26)19-5-1-2-6-20(19)28-14-17-4-3-11-27-17/h1-2,5-10,13,17H,3-4,11-12,14H2,(H,24,25,26)/t17-/m1/s1. The highest BCUT2D eigenvalue weighted by molar-refractivity contribution is 7.99. The number of hydrogen-bond acceptors (Lipinski definition) is 5. The molecule has 1 saturated heterocycles. The monoisotopic (exact) mass is 444 g/mol. The number of hydrogen-bond donors (Lipinski definition) is 1. The van der Waals surface area contributed by atoms with Crippen molar-refractivity contribution in [1.29, 1.82) is 0 Å². The number of ether oxygens (including phenoxy) is 1. The molecule has 1 N–H and O–H groups in total. The predicted octanol–water partition coefficient (Wildman–Crippen LogP) is 5.91. The molecule has 1 aromatic heterocycles. The highest BCUT2D eigenvalue weighted by atomic mass is 35.5. The van der Waals surface area contributed by atoms with Crippen molar-refractivity contribution < 1.29 is 9.53 Å². The number of amides is 1. The summed E-state index contributed by atoms with van der Waals surface area (Å²) in [5.41, 5.74) is 1.83. The van der Waals surface area contributed by atoms with Crippen LogP contribution in [0.4, 0.5) is 5.13 Å². The fraction of sp³-hybridized carbons (Fsp3) is 0.273. The lowest BCUT2D eigenvalue weighted by Gasteiger charge is -2.11. The number of nitrogens with one attached hydrogen (secondary N) is 1. The van der Waals surface area contributed by atoms with Gasteiger partial charge >= 0.3 is 0 Å². The zero-order valence-electron chi connectivity index (χ0n) is 15.8. The minimum absolute atomic E-state index is 0.132. The van der Waals surface area contributed by atoms with Crippen molar-refractivity contribution in [2.75, 3.05) is 17.7 Å². The second kappa shape index (κ2) is 9.76. The van der Waals surface area contributed by atoms with Crippen LogP contribution in [0.1, 0.15) is 33.6 Å². The second-order valence-corrected chi connectivity index (χ2v) is 9.44. The topological polar surface area (TPSA) is 51.2 Å². The SMILES string of the molecule is O=C(Nc1ncc(Cc2ccc(Cl)cc2)s1)c1ccccc1SC[C@H]1CCCO1. The summed E-state index contributed by atoms with van der Waals surface area (Å²) in [5.74, 6) is 0.736. The predicted molar refractivity (Wildman–Crippen MR) is 120 cm³/mol. The largest absolute Gasteiger partial charge is 0.377 e. The van der Waals surface area contributed by atoms with E-state index in [4.69, 9.17) is 16.3 Å². The Balaban J connectivity index is 1.39. The van der Waals surface area contributed by atoms with Gasteiger partial charge in [0.2, 0.25) is 0 Å². The number of carbonyl (C=O) groups is 1. The van der Waals surface area contributed by atoms with Crippen molar-refractivity contribution in [3.63, 3.8) is 0 Å². The number of anilines is 1. The van der Waals surface area contributed by atoms with Crippen LogP contribution in [0.3, 0.4) is 0 Å². The van der Waals surface area contributed by atoms with E-state index in [9.17, 15) is 4.79 Å². The van der Waals surface area contributed by atoms with Crippen molar-refractivity contribution >= 4 is 45.7 Å². The quantitative estimate of drug-likeness (QED) is 0.460. The van der Waals surface area contributed by atoms with Crippen molar-refractivity contribution in [2.45, 2.75) is 30.3 Å². The summed E-state index contributed by atoms with van der Waals surface area (Å²) in [5, 5.41) is 4.28. The molecule has 1 aliphatic rings. The number of thioether (sulfide) groups is 1. The van der Waals surface area contributed by atoms with Gasteiger partial charge in [-0.25, -0.2) is 4.98 Å². The van der Waals surface area contributed by atoms with E-state index in [1.54, 1.807) is 11.8 Å². The van der Waals surface area contributed by atoms with E-state index in [0.29, 0.717) is 10.7 Å². The number of thiazole rings is 1. The van der Waals surface area contributed by atoms with Crippen LogP contribution in [-0.4, -0.2) is 29.4 Å². The molecule has 0 aliphatic carbocycles. The number of halogens is 1. The maximum atomic E-state index is 12.8. The molecule has 0 bridgehead atoms. The van der Waals surface area contributed by atoms with Crippen molar-refractivity contribution in [3.05, 3.63) is 75.8 Å². The Morgan fingerprint density at radius 1 is 1.24 bits per heavy atom. The average molecular weight is 445 g/mol. The van der Waals surface area contributed by atoms with Crippen molar-refractivity contribution in [2.24, 2.45) is 0 Å². The Kier molecular flexibility index (Phi) is 6.87. The normalized spacial score (nSPS) is 16.1. The van der Waals surface area contributed by atoms with Gasteiger partial charge in [0, 0.05) is 39.8 Å². The van der Waals surface area contributed by atoms with Gasteiger partial charge < -0.3 is 4.74 Å². The van der Waals surface area contributed by atoms with Gasteiger partial charge in [-0.15, -0.1) is 23.1 Å². The molecule has 4 rings (SSSR count). The van der Waals surface area contributed by atoms with Crippen LogP contribution in [0, 0.1) is 0 Å². The van der Waals surface area contributed by atoms with Gasteiger partial charge in [-0.1, -0.05) is 35.9 Å². The van der Waals surface area contributed by atoms with E-state index in [-0.39, 0.29) is 12.0 Å². The van der Waals surface area contributed by atoms with Crippen LogP contribution in [0.15, 0.2) is 59.6 Å². The molecule has 2 heterocycles. The highest BCUT2D eigenvalue weighted by Crippen LogP contribution is 2.28. The molecule has 0 saturated carbocycles. The number of rotatable bonds is 7. The van der Waals surface area contributed by atoms with Crippen LogP contribution < -0.4 is 5.32 Å². The van der Waals surface area contributed by atoms with Gasteiger partial charge in [0.15, 0.2) is 5.13 Å². The minimum Gasteiger partial charge on any atom is -0.377 e. The Hall–Kier alpha value is -1.86. The number of aromatic nitrogens is 1. The van der Waals surface area contributed by atoms with Crippen LogP contribution in [0.5, 0.6) is 0 Å². The second-order valence-electron chi connectivity index (χ2n) is 6.83. The van der Waals surface area contributed by atoms with E-state index in [2.05, 4.69) is 10.3 Å². The summed E-state index contributed by atoms with van der Waals surface area (Å²) in [6.07, 6.45) is 5.07. The molecule has 0 radical (unpaired) electrons. The highest BCUT2D eigenvalue weighted by Gasteiger charge is 2.18. The summed E-state index contributed by atoms with van der Waals surface area (Å²) in [7, 11) is 0. The van der Waals surface area contributed by atoms with E-state index >= 15 is 0 Å². The molecule has 1 fully saturated rings. The van der Waals surface area contributed by atoms with Crippen LogP contribution in [0.2, 0.25) is 5.02 Å². The molecule has 4 nitrogen and oxygen atoms in total. The Morgan fingerprint density at radius 2 is 2.07 bits per heavy atom. The lowest BCUT2D eigenvalue weighted by molar-refractivity contribution is 0.102. The first kappa shape index (κ1) is 20.4. The molecular formula is C22H21ClN2O2S2. The third-order valence-corrected chi connectivity index (χ3v) is 7.02. The number of benzene rings is 2. The third kappa shape index (κ3) is 5.60. The smallest absolute Gasteiger partial charge is 0.258 e. The van der Waals surface area contributed by atoms with Crippen LogP contribution >= 0.6 is 34.7 Å². The molecule has 0 unspecified atom stereocenters. The first-order chi connectivity index (χ1) is 14.2. The Bertz CT molecular complexity index is 969. The third-order valence-electron chi connectivity index (χ3n) is 4.65. The molecule has 1 amide bonds. The van der Waals surface area contributed by atoms with E-state index in [0.717, 1.165) is 52.0 Å². The van der Waals surface area contributed by atoms with E-state index in [1.165, 1.54) is 11.3 Å². The molecule has 150 valence electrons. The number of nitrogens with zero attached hydrogens (tertiary/aromatic N) is 1. The van der Waals surface area contributed by atoms with Gasteiger partial charge in [0.05, 0.1) is 11.7 Å². The Morgan fingerprint density at radius 3 is 2.86 bits per heavy atom. The maximum absolute atomic E-state index is 12.8. The fourth-order valence-corrected chi connectivity index (χ4v) is 5.24. The zero-order chi connectivity index (χ0) is 20.1. The summed E-state index contributed by atoms with van der Waals surface area (Å²) < 4.78 is 5.69. The van der Waals surface area contributed by atoms with E-state index in [1.807, 2.05) is 54.7 Å². The molecule has 7 heteroatoms. The molecule has 1 aliphatic heterocycles. The fourth-order valence-electron chi connectivity index (χ4n) is 3.15. The van der Waals surface area contributed by atoms with Gasteiger partial charge in [-0.3, -0.25) is 10.1 Å². The molecule has 2 aromatic carbocycles. The molecule has 1 atom stereocenters. The zero-order valence-corrected chi connectivity index (χ0v) is 18.2. The minimum atomic E-state index is -0.132. The van der Waals surface area contributed by atoms with Gasteiger partial charge in [-0.05, 0) is 42.7 Å². The summed E-state index contributed by atoms with van der Waals surface area (Å²) in [4.78, 5) is 19.3. The van der Waals surface area contributed by atoms with Crippen molar-refractivity contribution in [3.8, 4) is 0 Å². The summed E-state index contributed by atoms with van der Waals surface area (Å²) in [6.45, 7) is 0.843. The molecule has 0 spiro atoms. The number of carbonyl (C=O) groups excluding carboxylic acids is 1. The average Bonchev–Trinajstić information content (AvgIpc) is 3.40. The lowest BCUT2D eigenvalue weighted by atomic mass is 10.1. The molecule has 3 aromatic rings. The first-order valence-electron chi connectivity index (χ1n) is 9.51. The van der Waals surface area contributed by atoms with Crippen molar-refractivity contribution in [1.82, 2.24) is 4.98 Å². The van der Waals surface area contributed by atoms with Gasteiger partial charge in [0.25, 0.3) is 5.91 Å².